The molecule has 5 heteroatoms. The molecule has 0 saturated carbocycles. The van der Waals surface area contributed by atoms with Crippen LogP contribution in [0.5, 0.6) is 5.75 Å². The maximum absolute atomic E-state index is 5.37. The first-order valence-corrected chi connectivity index (χ1v) is 8.09. The quantitative estimate of drug-likeness (QED) is 0.827. The van der Waals surface area contributed by atoms with Crippen molar-refractivity contribution < 1.29 is 9.47 Å². The Morgan fingerprint density at radius 3 is 2.47 bits per heavy atom. The van der Waals surface area contributed by atoms with Gasteiger partial charge in [-0.05, 0) is 74.9 Å². The Kier molecular flexibility index (Phi) is 6.13. The van der Waals surface area contributed by atoms with Gasteiger partial charge in [0.05, 0.1) is 16.1 Å². The first-order chi connectivity index (χ1) is 9.20. The van der Waals surface area contributed by atoms with Gasteiger partial charge < -0.3 is 14.8 Å². The molecule has 0 aromatic heterocycles. The van der Waals surface area contributed by atoms with E-state index >= 15 is 0 Å². The summed E-state index contributed by atoms with van der Waals surface area (Å²) >= 11 is 7.05. The maximum Gasteiger partial charge on any atom is 0.147 e. The Balaban J connectivity index is 1.85. The fourth-order valence-electron chi connectivity index (χ4n) is 2.28. The van der Waals surface area contributed by atoms with E-state index in [1.165, 1.54) is 18.4 Å². The van der Waals surface area contributed by atoms with Crippen molar-refractivity contribution in [3.05, 3.63) is 26.6 Å². The molecule has 1 saturated heterocycles. The van der Waals surface area contributed by atoms with Crippen LogP contribution in [0.3, 0.4) is 0 Å². The van der Waals surface area contributed by atoms with Crippen molar-refractivity contribution in [2.24, 2.45) is 5.92 Å². The fourth-order valence-corrected chi connectivity index (χ4v) is 3.89. The molecule has 0 amide bonds. The zero-order valence-corrected chi connectivity index (χ0v) is 14.2. The zero-order chi connectivity index (χ0) is 13.7. The Hall–Kier alpha value is -0.100. The molecule has 2 rings (SSSR count). The largest absolute Gasteiger partial charge is 0.494 e. The molecule has 0 radical (unpaired) electrons. The predicted molar refractivity (Wildman–Crippen MR) is 83.6 cm³/mol. The highest BCUT2D eigenvalue weighted by molar-refractivity contribution is 9.11. The molecule has 0 atom stereocenters. The second-order valence-corrected chi connectivity index (χ2v) is 6.49. The van der Waals surface area contributed by atoms with E-state index in [1.807, 2.05) is 0 Å². The fraction of sp³-hybridized carbons (Fsp3) is 0.571. The van der Waals surface area contributed by atoms with E-state index < -0.39 is 0 Å². The lowest BCUT2D eigenvalue weighted by Crippen LogP contribution is -2.27. The molecule has 0 bridgehead atoms. The number of rotatable bonds is 5. The molecule has 1 heterocycles. The van der Waals surface area contributed by atoms with Gasteiger partial charge in [0.2, 0.25) is 0 Å². The van der Waals surface area contributed by atoms with Crippen LogP contribution in [0, 0.1) is 5.92 Å². The van der Waals surface area contributed by atoms with Gasteiger partial charge >= 0.3 is 0 Å². The van der Waals surface area contributed by atoms with E-state index in [0.717, 1.165) is 46.9 Å². The van der Waals surface area contributed by atoms with Crippen molar-refractivity contribution in [1.29, 1.82) is 0 Å². The third-order valence-electron chi connectivity index (χ3n) is 3.37. The van der Waals surface area contributed by atoms with Crippen molar-refractivity contribution in [1.82, 2.24) is 5.32 Å². The lowest BCUT2D eigenvalue weighted by Gasteiger charge is -2.22. The smallest absolute Gasteiger partial charge is 0.147 e. The molecular weight excluding hydrogens is 374 g/mol. The highest BCUT2D eigenvalue weighted by atomic mass is 79.9. The minimum atomic E-state index is 0.749. The van der Waals surface area contributed by atoms with Gasteiger partial charge in [0.25, 0.3) is 0 Å². The summed E-state index contributed by atoms with van der Waals surface area (Å²) in [6.07, 6.45) is 2.34. The van der Waals surface area contributed by atoms with Crippen LogP contribution in [0.15, 0.2) is 21.1 Å². The third-order valence-corrected chi connectivity index (χ3v) is 4.54. The maximum atomic E-state index is 5.37. The number of hydrogen-bond donors (Lipinski definition) is 1. The van der Waals surface area contributed by atoms with Crippen LogP contribution in [-0.4, -0.2) is 26.9 Å². The van der Waals surface area contributed by atoms with Gasteiger partial charge in [0.15, 0.2) is 0 Å². The molecule has 1 aromatic rings. The number of benzene rings is 1. The molecule has 1 N–H and O–H groups in total. The third kappa shape index (κ3) is 4.45. The predicted octanol–water partition coefficient (Wildman–Crippen LogP) is 3.74. The summed E-state index contributed by atoms with van der Waals surface area (Å²) in [6, 6.07) is 4.20. The Morgan fingerprint density at radius 2 is 1.89 bits per heavy atom. The van der Waals surface area contributed by atoms with Gasteiger partial charge in [0.1, 0.15) is 5.75 Å². The van der Waals surface area contributed by atoms with Gasteiger partial charge in [-0.3, -0.25) is 0 Å². The normalized spacial score (nSPS) is 16.6. The molecule has 1 aliphatic rings. The van der Waals surface area contributed by atoms with Crippen LogP contribution in [0.4, 0.5) is 0 Å². The Bertz CT molecular complexity index is 397. The summed E-state index contributed by atoms with van der Waals surface area (Å²) in [4.78, 5) is 0. The first kappa shape index (κ1) is 15.3. The second kappa shape index (κ2) is 7.62. The van der Waals surface area contributed by atoms with Gasteiger partial charge in [-0.15, -0.1) is 0 Å². The van der Waals surface area contributed by atoms with Crippen LogP contribution >= 0.6 is 31.9 Å². The van der Waals surface area contributed by atoms with Crippen molar-refractivity contribution in [2.75, 3.05) is 26.9 Å². The molecule has 19 heavy (non-hydrogen) atoms. The van der Waals surface area contributed by atoms with Crippen LogP contribution in [0.2, 0.25) is 0 Å². The lowest BCUT2D eigenvalue weighted by molar-refractivity contribution is 0.0662. The van der Waals surface area contributed by atoms with Crippen LogP contribution < -0.4 is 10.1 Å². The SMILES string of the molecule is COc1c(Br)cc(CNCC2CCOCC2)cc1Br. The van der Waals surface area contributed by atoms with E-state index in [2.05, 4.69) is 49.3 Å². The van der Waals surface area contributed by atoms with Gasteiger partial charge in [-0.25, -0.2) is 0 Å². The Morgan fingerprint density at radius 1 is 1.26 bits per heavy atom. The van der Waals surface area contributed by atoms with Crippen molar-refractivity contribution in [3.63, 3.8) is 0 Å². The highest BCUT2D eigenvalue weighted by Crippen LogP contribution is 2.34. The lowest BCUT2D eigenvalue weighted by atomic mass is 10.0. The van der Waals surface area contributed by atoms with Crippen LogP contribution in [0.1, 0.15) is 18.4 Å². The van der Waals surface area contributed by atoms with E-state index in [9.17, 15) is 0 Å². The molecule has 1 aromatic carbocycles. The summed E-state index contributed by atoms with van der Waals surface area (Å²) in [5, 5.41) is 3.53. The topological polar surface area (TPSA) is 30.5 Å². The standard InChI is InChI=1S/C14H19Br2NO2/c1-18-14-12(15)6-11(7-13(14)16)9-17-8-10-2-4-19-5-3-10/h6-7,10,17H,2-5,8-9H2,1H3. The minimum absolute atomic E-state index is 0.749. The summed E-state index contributed by atoms with van der Waals surface area (Å²) in [7, 11) is 1.67. The molecule has 3 nitrogen and oxygen atoms in total. The highest BCUT2D eigenvalue weighted by Gasteiger charge is 2.13. The van der Waals surface area contributed by atoms with E-state index in [-0.39, 0.29) is 0 Å². The minimum Gasteiger partial charge on any atom is -0.494 e. The average Bonchev–Trinajstić information content (AvgIpc) is 2.40. The average molecular weight is 393 g/mol. The van der Waals surface area contributed by atoms with Crippen LogP contribution in [0.25, 0.3) is 0 Å². The molecule has 1 aliphatic heterocycles. The molecule has 0 spiro atoms. The molecular formula is C14H19Br2NO2. The summed E-state index contributed by atoms with van der Waals surface area (Å²) in [5.41, 5.74) is 1.24. The van der Waals surface area contributed by atoms with Crippen molar-refractivity contribution in [2.45, 2.75) is 19.4 Å². The van der Waals surface area contributed by atoms with Gasteiger partial charge in [-0.2, -0.15) is 0 Å². The van der Waals surface area contributed by atoms with E-state index in [4.69, 9.17) is 9.47 Å². The number of nitrogens with one attached hydrogen (secondary N) is 1. The number of hydrogen-bond acceptors (Lipinski definition) is 3. The monoisotopic (exact) mass is 391 g/mol. The zero-order valence-electron chi connectivity index (χ0n) is 11.0. The number of halogens is 2. The van der Waals surface area contributed by atoms with Crippen LogP contribution in [-0.2, 0) is 11.3 Å². The second-order valence-electron chi connectivity index (χ2n) is 4.78. The first-order valence-electron chi connectivity index (χ1n) is 6.51. The van der Waals surface area contributed by atoms with Crippen molar-refractivity contribution in [3.8, 4) is 5.75 Å². The summed E-state index contributed by atoms with van der Waals surface area (Å²) in [5.74, 6) is 1.59. The van der Waals surface area contributed by atoms with Gasteiger partial charge in [-0.1, -0.05) is 0 Å². The Labute approximate surface area is 131 Å². The molecule has 0 unspecified atom stereocenters. The molecule has 1 fully saturated rings. The van der Waals surface area contributed by atoms with Gasteiger partial charge in [0, 0.05) is 19.8 Å². The van der Waals surface area contributed by atoms with E-state index in [0.29, 0.717) is 0 Å². The molecule has 106 valence electrons. The van der Waals surface area contributed by atoms with Crippen molar-refractivity contribution >= 4 is 31.9 Å². The summed E-state index contributed by atoms with van der Waals surface area (Å²) < 4.78 is 12.6. The molecule has 0 aliphatic carbocycles. The number of ether oxygens (including phenoxy) is 2. The van der Waals surface area contributed by atoms with E-state index in [1.54, 1.807) is 7.11 Å². The number of methoxy groups -OCH3 is 1. The summed E-state index contributed by atoms with van der Waals surface area (Å²) in [6.45, 7) is 3.75.